The average molecular weight is 207 g/mol. The predicted octanol–water partition coefficient (Wildman–Crippen LogP) is 1.90. The van der Waals surface area contributed by atoms with Crippen LogP contribution < -0.4 is 5.73 Å². The second-order valence-corrected chi connectivity index (χ2v) is 4.18. The van der Waals surface area contributed by atoms with Gasteiger partial charge in [-0.3, -0.25) is 0 Å². The molecule has 0 aromatic carbocycles. The fraction of sp³-hybridized carbons (Fsp3) is 0.300. The van der Waals surface area contributed by atoms with Gasteiger partial charge in [-0.05, 0) is 17.9 Å². The number of fused-ring (bicyclic) bond motifs is 1. The summed E-state index contributed by atoms with van der Waals surface area (Å²) in [5.74, 6) is 1.02. The van der Waals surface area contributed by atoms with Crippen LogP contribution in [0.5, 0.6) is 0 Å². The second kappa shape index (κ2) is 4.02. The Morgan fingerprint density at radius 3 is 3.07 bits per heavy atom. The van der Waals surface area contributed by atoms with Crippen molar-refractivity contribution >= 4 is 17.4 Å². The van der Waals surface area contributed by atoms with E-state index in [1.165, 1.54) is 0 Å². The van der Waals surface area contributed by atoms with Crippen molar-refractivity contribution in [1.29, 1.82) is 0 Å². The first-order chi connectivity index (χ1) is 6.86. The van der Waals surface area contributed by atoms with Gasteiger partial charge in [-0.1, -0.05) is 13.0 Å². The van der Waals surface area contributed by atoms with Crippen molar-refractivity contribution in [2.75, 3.05) is 5.75 Å². The topological polar surface area (TPSA) is 43.3 Å². The van der Waals surface area contributed by atoms with E-state index in [4.69, 9.17) is 5.73 Å². The maximum Gasteiger partial charge on any atom is 0.138 e. The van der Waals surface area contributed by atoms with Crippen LogP contribution in [0.1, 0.15) is 12.6 Å². The highest BCUT2D eigenvalue weighted by molar-refractivity contribution is 7.99. The van der Waals surface area contributed by atoms with E-state index in [2.05, 4.69) is 16.3 Å². The Morgan fingerprint density at radius 1 is 1.50 bits per heavy atom. The fourth-order valence-electron chi connectivity index (χ4n) is 1.46. The minimum absolute atomic E-state index is 0.535. The fourth-order valence-corrected chi connectivity index (χ4v) is 2.24. The van der Waals surface area contributed by atoms with Crippen LogP contribution >= 0.6 is 11.8 Å². The van der Waals surface area contributed by atoms with Crippen LogP contribution in [0.15, 0.2) is 29.4 Å². The maximum absolute atomic E-state index is 5.72. The van der Waals surface area contributed by atoms with Crippen LogP contribution in [0.4, 0.5) is 0 Å². The van der Waals surface area contributed by atoms with Gasteiger partial charge in [-0.25, -0.2) is 4.98 Å². The van der Waals surface area contributed by atoms with Crippen LogP contribution in [-0.4, -0.2) is 15.1 Å². The zero-order valence-corrected chi connectivity index (χ0v) is 8.92. The Kier molecular flexibility index (Phi) is 2.74. The van der Waals surface area contributed by atoms with E-state index in [1.807, 2.05) is 24.4 Å². The lowest BCUT2D eigenvalue weighted by Gasteiger charge is -1.99. The molecular weight excluding hydrogens is 194 g/mol. The summed E-state index contributed by atoms with van der Waals surface area (Å²) in [6.07, 6.45) is 2.00. The highest BCUT2D eigenvalue weighted by Crippen LogP contribution is 2.22. The molecule has 0 saturated heterocycles. The van der Waals surface area contributed by atoms with Crippen molar-refractivity contribution in [1.82, 2.24) is 9.38 Å². The van der Waals surface area contributed by atoms with Crippen molar-refractivity contribution in [3.8, 4) is 0 Å². The number of hydrogen-bond acceptors (Lipinski definition) is 3. The number of nitrogens with two attached hydrogens (primary N) is 1. The molecule has 0 unspecified atom stereocenters. The first-order valence-corrected chi connectivity index (χ1v) is 5.64. The molecule has 2 aromatic heterocycles. The van der Waals surface area contributed by atoms with Crippen LogP contribution in [-0.2, 0) is 6.54 Å². The molecule has 2 heterocycles. The average Bonchev–Trinajstić information content (AvgIpc) is 2.55. The van der Waals surface area contributed by atoms with Crippen molar-refractivity contribution in [2.24, 2.45) is 5.73 Å². The van der Waals surface area contributed by atoms with Crippen molar-refractivity contribution in [3.63, 3.8) is 0 Å². The SMILES string of the molecule is CCSc1nc2ccccn2c1CN. The van der Waals surface area contributed by atoms with E-state index in [9.17, 15) is 0 Å². The lowest BCUT2D eigenvalue weighted by molar-refractivity contribution is 0.921. The van der Waals surface area contributed by atoms with Crippen molar-refractivity contribution < 1.29 is 0 Å². The maximum atomic E-state index is 5.72. The summed E-state index contributed by atoms with van der Waals surface area (Å²) < 4.78 is 2.05. The van der Waals surface area contributed by atoms with E-state index < -0.39 is 0 Å². The van der Waals surface area contributed by atoms with Crippen molar-refractivity contribution in [2.45, 2.75) is 18.5 Å². The quantitative estimate of drug-likeness (QED) is 0.782. The van der Waals surface area contributed by atoms with Gasteiger partial charge in [-0.2, -0.15) is 0 Å². The molecule has 74 valence electrons. The molecular formula is C10H13N3S. The number of imidazole rings is 1. The summed E-state index contributed by atoms with van der Waals surface area (Å²) in [5, 5.41) is 1.06. The molecule has 0 amide bonds. The monoisotopic (exact) mass is 207 g/mol. The molecule has 0 saturated carbocycles. The highest BCUT2D eigenvalue weighted by Gasteiger charge is 2.09. The van der Waals surface area contributed by atoms with E-state index in [1.54, 1.807) is 11.8 Å². The minimum Gasteiger partial charge on any atom is -0.325 e. The number of pyridine rings is 1. The Morgan fingerprint density at radius 2 is 2.36 bits per heavy atom. The zero-order chi connectivity index (χ0) is 9.97. The largest absolute Gasteiger partial charge is 0.325 e. The Labute approximate surface area is 87.3 Å². The van der Waals surface area contributed by atoms with Crippen LogP contribution in [0, 0.1) is 0 Å². The van der Waals surface area contributed by atoms with E-state index in [0.29, 0.717) is 6.54 Å². The third kappa shape index (κ3) is 1.51. The number of rotatable bonds is 3. The molecule has 0 bridgehead atoms. The molecule has 0 aliphatic heterocycles. The molecule has 2 N–H and O–H groups in total. The lowest BCUT2D eigenvalue weighted by atomic mass is 10.4. The summed E-state index contributed by atoms with van der Waals surface area (Å²) in [7, 11) is 0. The number of hydrogen-bond donors (Lipinski definition) is 1. The predicted molar refractivity (Wildman–Crippen MR) is 59.5 cm³/mol. The normalized spacial score (nSPS) is 11.0. The molecule has 2 rings (SSSR count). The summed E-state index contributed by atoms with van der Waals surface area (Å²) in [4.78, 5) is 4.52. The molecule has 0 spiro atoms. The molecule has 0 fully saturated rings. The summed E-state index contributed by atoms with van der Waals surface area (Å²) in [6.45, 7) is 2.66. The standard InChI is InChI=1S/C10H13N3S/c1-2-14-10-8(7-11)13-6-4-3-5-9(13)12-10/h3-6H,2,7,11H2,1H3. The molecule has 0 aliphatic carbocycles. The molecule has 0 aliphatic rings. The van der Waals surface area contributed by atoms with E-state index in [0.717, 1.165) is 22.1 Å². The zero-order valence-electron chi connectivity index (χ0n) is 8.10. The first-order valence-electron chi connectivity index (χ1n) is 4.65. The van der Waals surface area contributed by atoms with Gasteiger partial charge in [0.05, 0.1) is 5.69 Å². The van der Waals surface area contributed by atoms with Crippen LogP contribution in [0.3, 0.4) is 0 Å². The van der Waals surface area contributed by atoms with Gasteiger partial charge in [0.25, 0.3) is 0 Å². The van der Waals surface area contributed by atoms with Crippen LogP contribution in [0.2, 0.25) is 0 Å². The molecule has 14 heavy (non-hydrogen) atoms. The van der Waals surface area contributed by atoms with Gasteiger partial charge in [0.2, 0.25) is 0 Å². The molecule has 0 radical (unpaired) electrons. The molecule has 2 aromatic rings. The van der Waals surface area contributed by atoms with Crippen molar-refractivity contribution in [3.05, 3.63) is 30.1 Å². The summed E-state index contributed by atoms with van der Waals surface area (Å²) in [6, 6.07) is 5.98. The molecule has 4 heteroatoms. The van der Waals surface area contributed by atoms with Crippen LogP contribution in [0.25, 0.3) is 5.65 Å². The Hall–Kier alpha value is -1.00. The Bertz CT molecular complexity index is 436. The van der Waals surface area contributed by atoms with Gasteiger partial charge in [0.1, 0.15) is 10.7 Å². The van der Waals surface area contributed by atoms with Gasteiger partial charge < -0.3 is 10.1 Å². The lowest BCUT2D eigenvalue weighted by Crippen LogP contribution is -2.01. The van der Waals surface area contributed by atoms with E-state index in [-0.39, 0.29) is 0 Å². The number of nitrogens with zero attached hydrogens (tertiary/aromatic N) is 2. The third-order valence-electron chi connectivity index (χ3n) is 2.07. The van der Waals surface area contributed by atoms with Gasteiger partial charge >= 0.3 is 0 Å². The molecule has 0 atom stereocenters. The summed E-state index contributed by atoms with van der Waals surface area (Å²) >= 11 is 1.74. The summed E-state index contributed by atoms with van der Waals surface area (Å²) in [5.41, 5.74) is 7.80. The second-order valence-electron chi connectivity index (χ2n) is 2.93. The Balaban J connectivity index is 2.60. The van der Waals surface area contributed by atoms with Gasteiger partial charge in [0, 0.05) is 12.7 Å². The first kappa shape index (κ1) is 9.55. The number of aromatic nitrogens is 2. The molecule has 3 nitrogen and oxygen atoms in total. The van der Waals surface area contributed by atoms with E-state index >= 15 is 0 Å². The van der Waals surface area contributed by atoms with Gasteiger partial charge in [-0.15, -0.1) is 11.8 Å². The minimum atomic E-state index is 0.535. The smallest absolute Gasteiger partial charge is 0.138 e. The highest BCUT2D eigenvalue weighted by atomic mass is 32.2. The number of thioether (sulfide) groups is 1. The van der Waals surface area contributed by atoms with Gasteiger partial charge in [0.15, 0.2) is 0 Å². The third-order valence-corrected chi connectivity index (χ3v) is 2.96.